The van der Waals surface area contributed by atoms with Crippen LogP contribution in [0.5, 0.6) is 0 Å². The number of benzene rings is 1. The van der Waals surface area contributed by atoms with E-state index in [2.05, 4.69) is 12.1 Å². The summed E-state index contributed by atoms with van der Waals surface area (Å²) in [7, 11) is 0. The fourth-order valence-electron chi connectivity index (χ4n) is 1.29. The highest BCUT2D eigenvalue weighted by Crippen LogP contribution is 2.02. The van der Waals surface area contributed by atoms with Gasteiger partial charge in [-0.05, 0) is 25.8 Å². The number of ether oxygens (including phenoxy) is 1. The zero-order chi connectivity index (χ0) is 10.4. The molecule has 2 N–H and O–H groups in total. The van der Waals surface area contributed by atoms with Crippen molar-refractivity contribution in [1.82, 2.24) is 0 Å². The Hall–Kier alpha value is -0.860. The lowest BCUT2D eigenvalue weighted by atomic mass is 10.1. The van der Waals surface area contributed by atoms with Gasteiger partial charge in [-0.3, -0.25) is 0 Å². The zero-order valence-corrected chi connectivity index (χ0v) is 8.94. The van der Waals surface area contributed by atoms with Crippen molar-refractivity contribution in [2.45, 2.75) is 32.4 Å². The molecule has 0 heterocycles. The van der Waals surface area contributed by atoms with E-state index in [1.165, 1.54) is 5.56 Å². The van der Waals surface area contributed by atoms with Crippen molar-refractivity contribution in [2.24, 2.45) is 5.73 Å². The van der Waals surface area contributed by atoms with Crippen LogP contribution >= 0.6 is 0 Å². The van der Waals surface area contributed by atoms with Crippen LogP contribution in [-0.2, 0) is 11.2 Å². The van der Waals surface area contributed by atoms with Crippen molar-refractivity contribution in [1.29, 1.82) is 0 Å². The van der Waals surface area contributed by atoms with Crippen LogP contribution in [0.1, 0.15) is 19.4 Å². The molecule has 0 saturated carbocycles. The monoisotopic (exact) mass is 193 g/mol. The summed E-state index contributed by atoms with van der Waals surface area (Å²) in [5.74, 6) is 0. The van der Waals surface area contributed by atoms with Gasteiger partial charge in [-0.25, -0.2) is 0 Å². The molecular formula is C12H19NO. The lowest BCUT2D eigenvalue weighted by molar-refractivity contribution is 0.0684. The quantitative estimate of drug-likeness (QED) is 0.776. The third-order valence-electron chi connectivity index (χ3n) is 1.98. The third-order valence-corrected chi connectivity index (χ3v) is 1.98. The molecule has 0 radical (unpaired) electrons. The molecule has 0 aliphatic carbocycles. The van der Waals surface area contributed by atoms with Gasteiger partial charge in [0, 0.05) is 6.04 Å². The molecule has 1 atom stereocenters. The summed E-state index contributed by atoms with van der Waals surface area (Å²) in [6, 6.07) is 10.4. The molecule has 1 unspecified atom stereocenters. The highest BCUT2D eigenvalue weighted by Gasteiger charge is 2.04. The SMILES string of the molecule is CC(C)OCC(N)Cc1ccccc1. The fourth-order valence-corrected chi connectivity index (χ4v) is 1.29. The number of rotatable bonds is 5. The summed E-state index contributed by atoms with van der Waals surface area (Å²) in [5.41, 5.74) is 7.20. The molecule has 14 heavy (non-hydrogen) atoms. The average Bonchev–Trinajstić information content (AvgIpc) is 2.16. The summed E-state index contributed by atoms with van der Waals surface area (Å²) in [4.78, 5) is 0. The lowest BCUT2D eigenvalue weighted by Crippen LogP contribution is -2.29. The third kappa shape index (κ3) is 4.40. The molecule has 1 aromatic carbocycles. The van der Waals surface area contributed by atoms with E-state index in [1.54, 1.807) is 0 Å². The van der Waals surface area contributed by atoms with Crippen LogP contribution < -0.4 is 5.73 Å². The standard InChI is InChI=1S/C12H19NO/c1-10(2)14-9-12(13)8-11-6-4-3-5-7-11/h3-7,10,12H,8-9,13H2,1-2H3. The van der Waals surface area contributed by atoms with E-state index >= 15 is 0 Å². The largest absolute Gasteiger partial charge is 0.377 e. The highest BCUT2D eigenvalue weighted by molar-refractivity contribution is 5.15. The number of hydrogen-bond donors (Lipinski definition) is 1. The predicted octanol–water partition coefficient (Wildman–Crippen LogP) is 1.98. The first kappa shape index (κ1) is 11.2. The van der Waals surface area contributed by atoms with Crippen molar-refractivity contribution in [2.75, 3.05) is 6.61 Å². The molecule has 0 aromatic heterocycles. The van der Waals surface area contributed by atoms with Crippen LogP contribution in [0.2, 0.25) is 0 Å². The van der Waals surface area contributed by atoms with Gasteiger partial charge in [0.15, 0.2) is 0 Å². The molecule has 2 heteroatoms. The summed E-state index contributed by atoms with van der Waals surface area (Å²) in [6.45, 7) is 4.68. The summed E-state index contributed by atoms with van der Waals surface area (Å²) in [6.07, 6.45) is 1.14. The second kappa shape index (κ2) is 5.78. The first-order valence-electron chi connectivity index (χ1n) is 5.09. The molecule has 1 aromatic rings. The minimum Gasteiger partial charge on any atom is -0.377 e. The van der Waals surface area contributed by atoms with Gasteiger partial charge in [-0.15, -0.1) is 0 Å². The second-order valence-electron chi connectivity index (χ2n) is 3.83. The van der Waals surface area contributed by atoms with Crippen molar-refractivity contribution < 1.29 is 4.74 Å². The van der Waals surface area contributed by atoms with E-state index in [4.69, 9.17) is 10.5 Å². The van der Waals surface area contributed by atoms with Crippen LogP contribution in [0.25, 0.3) is 0 Å². The molecule has 0 spiro atoms. The Labute approximate surface area is 86.1 Å². The Bertz CT molecular complexity index is 246. The number of nitrogens with two attached hydrogens (primary N) is 1. The van der Waals surface area contributed by atoms with Gasteiger partial charge in [-0.1, -0.05) is 30.3 Å². The van der Waals surface area contributed by atoms with Crippen LogP contribution in [0.3, 0.4) is 0 Å². The van der Waals surface area contributed by atoms with Gasteiger partial charge >= 0.3 is 0 Å². The molecular weight excluding hydrogens is 174 g/mol. The fraction of sp³-hybridized carbons (Fsp3) is 0.500. The van der Waals surface area contributed by atoms with Gasteiger partial charge < -0.3 is 10.5 Å². The summed E-state index contributed by atoms with van der Waals surface area (Å²) in [5, 5.41) is 0. The van der Waals surface area contributed by atoms with E-state index in [1.807, 2.05) is 32.0 Å². The Kier molecular flexibility index (Phi) is 4.63. The maximum atomic E-state index is 5.93. The minimum atomic E-state index is 0.0970. The molecule has 0 fully saturated rings. The Morgan fingerprint density at radius 2 is 1.86 bits per heavy atom. The van der Waals surface area contributed by atoms with Crippen LogP contribution in [0.15, 0.2) is 30.3 Å². The molecule has 0 amide bonds. The van der Waals surface area contributed by atoms with E-state index in [0.29, 0.717) is 6.61 Å². The first-order valence-corrected chi connectivity index (χ1v) is 5.09. The molecule has 1 rings (SSSR count). The van der Waals surface area contributed by atoms with Crippen molar-refractivity contribution in [3.8, 4) is 0 Å². The highest BCUT2D eigenvalue weighted by atomic mass is 16.5. The molecule has 78 valence electrons. The van der Waals surface area contributed by atoms with Gasteiger partial charge in [0.2, 0.25) is 0 Å². The van der Waals surface area contributed by atoms with E-state index in [9.17, 15) is 0 Å². The smallest absolute Gasteiger partial charge is 0.0624 e. The first-order chi connectivity index (χ1) is 6.68. The minimum absolute atomic E-state index is 0.0970. The topological polar surface area (TPSA) is 35.2 Å². The van der Waals surface area contributed by atoms with Crippen molar-refractivity contribution in [3.63, 3.8) is 0 Å². The molecule has 0 bridgehead atoms. The lowest BCUT2D eigenvalue weighted by Gasteiger charge is -2.14. The normalized spacial score (nSPS) is 13.1. The van der Waals surface area contributed by atoms with Gasteiger partial charge in [-0.2, -0.15) is 0 Å². The Morgan fingerprint density at radius 1 is 1.21 bits per heavy atom. The van der Waals surface area contributed by atoms with E-state index < -0.39 is 0 Å². The van der Waals surface area contributed by atoms with E-state index in [-0.39, 0.29) is 12.1 Å². The molecule has 0 aliphatic heterocycles. The van der Waals surface area contributed by atoms with Gasteiger partial charge in [0.05, 0.1) is 12.7 Å². The van der Waals surface area contributed by atoms with Crippen molar-refractivity contribution in [3.05, 3.63) is 35.9 Å². The maximum absolute atomic E-state index is 5.93. The second-order valence-corrected chi connectivity index (χ2v) is 3.83. The van der Waals surface area contributed by atoms with Crippen LogP contribution in [0.4, 0.5) is 0 Å². The van der Waals surface area contributed by atoms with E-state index in [0.717, 1.165) is 6.42 Å². The summed E-state index contributed by atoms with van der Waals surface area (Å²) >= 11 is 0. The maximum Gasteiger partial charge on any atom is 0.0624 e. The molecule has 2 nitrogen and oxygen atoms in total. The number of hydrogen-bond acceptors (Lipinski definition) is 2. The zero-order valence-electron chi connectivity index (χ0n) is 8.94. The van der Waals surface area contributed by atoms with Crippen LogP contribution in [0, 0.1) is 0 Å². The van der Waals surface area contributed by atoms with Crippen molar-refractivity contribution >= 4 is 0 Å². The summed E-state index contributed by atoms with van der Waals surface area (Å²) < 4.78 is 5.45. The Balaban J connectivity index is 2.30. The van der Waals surface area contributed by atoms with Gasteiger partial charge in [0.1, 0.15) is 0 Å². The molecule has 0 aliphatic rings. The van der Waals surface area contributed by atoms with Gasteiger partial charge in [0.25, 0.3) is 0 Å². The van der Waals surface area contributed by atoms with Crippen LogP contribution in [-0.4, -0.2) is 18.8 Å². The predicted molar refractivity (Wildman–Crippen MR) is 59.2 cm³/mol. The average molecular weight is 193 g/mol. The Morgan fingerprint density at radius 3 is 2.43 bits per heavy atom. The molecule has 0 saturated heterocycles.